The van der Waals surface area contributed by atoms with Gasteiger partial charge in [-0.15, -0.1) is 11.3 Å². The van der Waals surface area contributed by atoms with E-state index in [1.54, 1.807) is 11.9 Å². The molecule has 2 N–H and O–H groups in total. The highest BCUT2D eigenvalue weighted by Gasteiger charge is 2.48. The van der Waals surface area contributed by atoms with Crippen LogP contribution in [-0.4, -0.2) is 83.7 Å². The van der Waals surface area contributed by atoms with Crippen molar-refractivity contribution in [3.63, 3.8) is 0 Å². The van der Waals surface area contributed by atoms with Gasteiger partial charge in [-0.2, -0.15) is 15.2 Å². The molecule has 3 saturated heterocycles. The van der Waals surface area contributed by atoms with Gasteiger partial charge in [-0.05, 0) is 56.2 Å². The van der Waals surface area contributed by atoms with Crippen molar-refractivity contribution in [1.29, 1.82) is 5.26 Å². The Morgan fingerprint density at radius 3 is 2.84 bits per heavy atom. The largest absolute Gasteiger partial charge is 0.491 e. The second kappa shape index (κ2) is 12.1. The van der Waals surface area contributed by atoms with Crippen LogP contribution in [0.1, 0.15) is 51.0 Å². The highest BCUT2D eigenvalue weighted by Crippen LogP contribution is 2.51. The Morgan fingerprint density at radius 2 is 2.02 bits per heavy atom. The Bertz CT molecular complexity index is 2070. The lowest BCUT2D eigenvalue weighted by atomic mass is 9.92. The third-order valence-corrected chi connectivity index (χ3v) is 12.1. The first-order chi connectivity index (χ1) is 23.6. The van der Waals surface area contributed by atoms with Crippen LogP contribution in [0.2, 0.25) is 5.02 Å². The maximum atomic E-state index is 17.3. The number of carbonyl (C=O) groups is 1. The van der Waals surface area contributed by atoms with Crippen LogP contribution in [0, 0.1) is 28.9 Å². The van der Waals surface area contributed by atoms with Gasteiger partial charge in [0.05, 0.1) is 32.8 Å². The van der Waals surface area contributed by atoms with Gasteiger partial charge in [-0.25, -0.2) is 8.78 Å². The number of halogens is 3. The molecule has 3 atom stereocenters. The van der Waals surface area contributed by atoms with E-state index >= 15 is 8.78 Å². The molecule has 3 fully saturated rings. The van der Waals surface area contributed by atoms with Crippen molar-refractivity contribution < 1.29 is 23.0 Å². The summed E-state index contributed by atoms with van der Waals surface area (Å²) in [5, 5.41) is 10.4. The number of amides is 1. The Kier molecular flexibility index (Phi) is 7.96. The summed E-state index contributed by atoms with van der Waals surface area (Å²) in [6.45, 7) is 5.85. The van der Waals surface area contributed by atoms with Crippen LogP contribution in [0.15, 0.2) is 12.1 Å². The highest BCUT2D eigenvalue weighted by atomic mass is 35.5. The van der Waals surface area contributed by atoms with E-state index in [0.29, 0.717) is 37.9 Å². The molecule has 49 heavy (non-hydrogen) atoms. The van der Waals surface area contributed by atoms with E-state index in [2.05, 4.69) is 22.9 Å². The van der Waals surface area contributed by atoms with Crippen molar-refractivity contribution in [2.45, 2.75) is 57.0 Å². The van der Waals surface area contributed by atoms with E-state index in [1.807, 2.05) is 4.90 Å². The lowest BCUT2D eigenvalue weighted by Gasteiger charge is -2.38. The normalized spacial score (nSPS) is 24.2. The van der Waals surface area contributed by atoms with Crippen LogP contribution in [0.25, 0.3) is 32.1 Å². The molecule has 0 radical (unpaired) electrons. The second-order valence-electron chi connectivity index (χ2n) is 13.8. The van der Waals surface area contributed by atoms with Gasteiger partial charge in [0.2, 0.25) is 5.91 Å². The van der Waals surface area contributed by atoms with Crippen LogP contribution in [-0.2, 0) is 4.79 Å². The third-order valence-electron chi connectivity index (χ3n) is 10.7. The lowest BCUT2D eigenvalue weighted by molar-refractivity contribution is -0.132. The van der Waals surface area contributed by atoms with Gasteiger partial charge < -0.3 is 25.0 Å². The molecule has 2 aromatic heterocycles. The van der Waals surface area contributed by atoms with Crippen LogP contribution in [0.3, 0.4) is 0 Å². The highest BCUT2D eigenvalue weighted by molar-refractivity contribution is 7.23. The standard InChI is InChI=1S/C35H36ClF2N7O3S/c1-18-14-35(9-5-11-44(35)16-18)17-48-34-41-28-25-29(47-13-8-22-33(46)43(2)10-3-4-12-45(22)32(25)42-34)26(36)24(27(28)38)19-6-7-21(37)30-23(19)20(15-39)31(40)49-30/h6-7,18,22H,3-5,8-14,16-17,40H2,1-2H3/t18-,22?,35+/m1/s1. The molecule has 1 unspecified atom stereocenters. The van der Waals surface area contributed by atoms with Gasteiger partial charge >= 0.3 is 6.01 Å². The number of nitrogens with zero attached hydrogens (tertiary/aromatic N) is 6. The number of carbonyl (C=O) groups excluding carboxylic acids is 1. The molecule has 4 aliphatic rings. The fourth-order valence-corrected chi connectivity index (χ4v) is 9.78. The number of ether oxygens (including phenoxy) is 2. The molecule has 0 aliphatic carbocycles. The first-order valence-corrected chi connectivity index (χ1v) is 18.0. The predicted octanol–water partition coefficient (Wildman–Crippen LogP) is 6.36. The monoisotopic (exact) mass is 707 g/mol. The summed E-state index contributed by atoms with van der Waals surface area (Å²) in [6, 6.07) is 4.05. The van der Waals surface area contributed by atoms with Crippen molar-refractivity contribution in [2.75, 3.05) is 57.1 Å². The Hall–Kier alpha value is -3.99. The van der Waals surface area contributed by atoms with Gasteiger partial charge in [0.15, 0.2) is 11.6 Å². The van der Waals surface area contributed by atoms with Crippen LogP contribution < -0.4 is 20.1 Å². The van der Waals surface area contributed by atoms with E-state index in [1.165, 1.54) is 12.1 Å². The van der Waals surface area contributed by atoms with Crippen molar-refractivity contribution in [3.05, 3.63) is 34.4 Å². The number of rotatable bonds is 4. The van der Waals surface area contributed by atoms with E-state index < -0.39 is 17.7 Å². The number of nitrogen functional groups attached to an aromatic ring is 1. The molecule has 0 spiro atoms. The fraction of sp³-hybridized carbons (Fsp3) is 0.486. The number of nitrogens with two attached hydrogens (primary N) is 1. The summed E-state index contributed by atoms with van der Waals surface area (Å²) in [7, 11) is 1.79. The lowest BCUT2D eigenvalue weighted by Crippen LogP contribution is -2.51. The Balaban J connectivity index is 1.37. The third kappa shape index (κ3) is 5.05. The molecule has 2 aromatic carbocycles. The van der Waals surface area contributed by atoms with Crippen molar-refractivity contribution >= 4 is 60.7 Å². The number of fused-ring (bicyclic) bond motifs is 4. The van der Waals surface area contributed by atoms with Gasteiger partial charge in [0, 0.05) is 44.1 Å². The van der Waals surface area contributed by atoms with E-state index in [-0.39, 0.29) is 77.5 Å². The predicted molar refractivity (Wildman–Crippen MR) is 185 cm³/mol. The maximum Gasteiger partial charge on any atom is 0.319 e. The fourth-order valence-electron chi connectivity index (χ4n) is 8.50. The maximum absolute atomic E-state index is 17.3. The van der Waals surface area contributed by atoms with Crippen molar-refractivity contribution in [3.8, 4) is 29.0 Å². The van der Waals surface area contributed by atoms with Crippen molar-refractivity contribution in [2.24, 2.45) is 5.92 Å². The van der Waals surface area contributed by atoms with Gasteiger partial charge in [-0.1, -0.05) is 24.6 Å². The summed E-state index contributed by atoms with van der Waals surface area (Å²) in [4.78, 5) is 29.5. The second-order valence-corrected chi connectivity index (χ2v) is 15.3. The average Bonchev–Trinajstić information content (AvgIpc) is 3.72. The van der Waals surface area contributed by atoms with Gasteiger partial charge in [0.1, 0.15) is 40.9 Å². The number of hydrogen-bond donors (Lipinski definition) is 1. The van der Waals surface area contributed by atoms with E-state index in [0.717, 1.165) is 56.5 Å². The number of aromatic nitrogens is 2. The topological polar surface area (TPSA) is 121 Å². The summed E-state index contributed by atoms with van der Waals surface area (Å²) >= 11 is 8.01. The molecule has 6 heterocycles. The van der Waals surface area contributed by atoms with Gasteiger partial charge in [-0.3, -0.25) is 9.69 Å². The zero-order chi connectivity index (χ0) is 34.2. The molecular weight excluding hydrogens is 672 g/mol. The number of benzene rings is 2. The van der Waals surface area contributed by atoms with E-state index in [9.17, 15) is 10.1 Å². The number of anilines is 2. The minimum atomic E-state index is -0.801. The molecule has 10 nitrogen and oxygen atoms in total. The molecule has 256 valence electrons. The molecule has 14 heteroatoms. The van der Waals surface area contributed by atoms with Crippen LogP contribution >= 0.6 is 22.9 Å². The SMILES string of the molecule is C[C@H]1CN2CCC[C@@]2(COc2nc3c4c(c(Cl)c(-c5ccc(F)c6sc(N)c(C#N)c56)c(F)c4n2)OCCC2C(=O)N(C)CCCCN32)C1. The summed E-state index contributed by atoms with van der Waals surface area (Å²) in [6.07, 6.45) is 4.96. The molecule has 1 amide bonds. The molecular formula is C35H36ClF2N7O3S. The number of hydrogen-bond acceptors (Lipinski definition) is 10. The van der Waals surface area contributed by atoms with Gasteiger partial charge in [0.25, 0.3) is 0 Å². The van der Waals surface area contributed by atoms with Crippen LogP contribution in [0.5, 0.6) is 11.8 Å². The smallest absolute Gasteiger partial charge is 0.319 e. The summed E-state index contributed by atoms with van der Waals surface area (Å²) in [5.74, 6) is -0.459. The zero-order valence-electron chi connectivity index (χ0n) is 27.3. The minimum Gasteiger partial charge on any atom is -0.491 e. The average molecular weight is 708 g/mol. The first kappa shape index (κ1) is 32.2. The molecule has 4 aliphatic heterocycles. The number of nitriles is 1. The number of thiophene rings is 1. The summed E-state index contributed by atoms with van der Waals surface area (Å²) in [5.41, 5.74) is 6.02. The van der Waals surface area contributed by atoms with E-state index in [4.69, 9.17) is 31.8 Å². The quantitative estimate of drug-likeness (QED) is 0.258. The van der Waals surface area contributed by atoms with Crippen LogP contribution in [0.4, 0.5) is 19.6 Å². The van der Waals surface area contributed by atoms with Crippen molar-refractivity contribution in [1.82, 2.24) is 19.8 Å². The minimum absolute atomic E-state index is 0.00895. The molecule has 0 bridgehead atoms. The first-order valence-electron chi connectivity index (χ1n) is 16.8. The zero-order valence-corrected chi connectivity index (χ0v) is 28.9. The Labute approximate surface area is 291 Å². The molecule has 4 aromatic rings. The molecule has 0 saturated carbocycles. The molecule has 8 rings (SSSR count). The summed E-state index contributed by atoms with van der Waals surface area (Å²) < 4.78 is 45.3. The number of likely N-dealkylation sites (N-methyl/N-ethyl adjacent to an activating group) is 1. The Morgan fingerprint density at radius 1 is 1.20 bits per heavy atom.